The number of rotatable bonds is 6. The molecule has 0 aliphatic rings. The van der Waals surface area contributed by atoms with Crippen molar-refractivity contribution < 1.29 is 4.79 Å². The van der Waals surface area contributed by atoms with Crippen LogP contribution in [0.1, 0.15) is 17.3 Å². The Hall–Kier alpha value is -3.94. The Kier molecular flexibility index (Phi) is 5.07. The normalized spacial score (nSPS) is 12.0. The van der Waals surface area contributed by atoms with Gasteiger partial charge in [0.15, 0.2) is 0 Å². The third-order valence-electron chi connectivity index (χ3n) is 4.71. The molecule has 0 aliphatic heterocycles. The molecule has 2 aromatic carbocycles. The molecule has 4 rings (SSSR count). The maximum Gasteiger partial charge on any atom is 0.329 e. The summed E-state index contributed by atoms with van der Waals surface area (Å²) in [5.41, 5.74) is 0.718. The SMILES string of the molecule is O=C(NCCc1cnc[nH]1)C(c1ccccc1)n1c(=O)[nH]c2ccccc2c1=O. The van der Waals surface area contributed by atoms with Gasteiger partial charge in [-0.05, 0) is 17.7 Å². The maximum atomic E-state index is 13.1. The molecule has 8 heteroatoms. The number of amides is 1. The standard InChI is InChI=1S/C21H19N5O3/c27-19(23-11-10-15-12-22-13-24-15)18(14-6-2-1-3-7-14)26-20(28)16-8-4-5-9-17(16)25-21(26)29/h1-9,12-13,18H,10-11H2,(H,22,24)(H,23,27)(H,25,29). The van der Waals surface area contributed by atoms with Gasteiger partial charge in [0.2, 0.25) is 5.91 Å². The minimum absolute atomic E-state index is 0.338. The first kappa shape index (κ1) is 18.4. The number of nitrogens with zero attached hydrogens (tertiary/aromatic N) is 2. The van der Waals surface area contributed by atoms with Crippen LogP contribution in [-0.2, 0) is 11.2 Å². The second kappa shape index (κ2) is 7.97. The van der Waals surface area contributed by atoms with Crippen LogP contribution in [0, 0.1) is 0 Å². The minimum Gasteiger partial charge on any atom is -0.354 e. The van der Waals surface area contributed by atoms with E-state index in [0.717, 1.165) is 10.3 Å². The van der Waals surface area contributed by atoms with Crippen LogP contribution in [-0.4, -0.2) is 32.0 Å². The molecular weight excluding hydrogens is 370 g/mol. The highest BCUT2D eigenvalue weighted by Crippen LogP contribution is 2.16. The highest BCUT2D eigenvalue weighted by molar-refractivity contribution is 5.84. The summed E-state index contributed by atoms with van der Waals surface area (Å²) in [5.74, 6) is -0.432. The number of aromatic amines is 2. The smallest absolute Gasteiger partial charge is 0.329 e. The van der Waals surface area contributed by atoms with Gasteiger partial charge in [-0.1, -0.05) is 42.5 Å². The third-order valence-corrected chi connectivity index (χ3v) is 4.71. The molecule has 8 nitrogen and oxygen atoms in total. The Bertz CT molecular complexity index is 1240. The van der Waals surface area contributed by atoms with Crippen LogP contribution in [0.25, 0.3) is 10.9 Å². The van der Waals surface area contributed by atoms with Gasteiger partial charge in [0.05, 0.1) is 17.2 Å². The summed E-state index contributed by atoms with van der Waals surface area (Å²) in [7, 11) is 0. The zero-order valence-electron chi connectivity index (χ0n) is 15.5. The first-order valence-electron chi connectivity index (χ1n) is 9.18. The zero-order chi connectivity index (χ0) is 20.2. The molecule has 2 aromatic heterocycles. The van der Waals surface area contributed by atoms with Crippen molar-refractivity contribution in [3.05, 3.63) is 99.2 Å². The van der Waals surface area contributed by atoms with Crippen molar-refractivity contribution in [2.75, 3.05) is 6.54 Å². The van der Waals surface area contributed by atoms with Gasteiger partial charge >= 0.3 is 5.69 Å². The Balaban J connectivity index is 1.74. The molecule has 1 unspecified atom stereocenters. The fraction of sp³-hybridized carbons (Fsp3) is 0.143. The van der Waals surface area contributed by atoms with Gasteiger partial charge in [-0.2, -0.15) is 0 Å². The highest BCUT2D eigenvalue weighted by atomic mass is 16.2. The second-order valence-corrected chi connectivity index (χ2v) is 6.58. The van der Waals surface area contributed by atoms with E-state index in [2.05, 4.69) is 20.3 Å². The van der Waals surface area contributed by atoms with E-state index in [9.17, 15) is 14.4 Å². The van der Waals surface area contributed by atoms with Crippen molar-refractivity contribution in [1.82, 2.24) is 24.8 Å². The first-order valence-corrected chi connectivity index (χ1v) is 9.18. The minimum atomic E-state index is -1.08. The second-order valence-electron chi connectivity index (χ2n) is 6.58. The molecule has 0 radical (unpaired) electrons. The van der Waals surface area contributed by atoms with Gasteiger partial charge < -0.3 is 15.3 Å². The van der Waals surface area contributed by atoms with E-state index in [0.29, 0.717) is 29.4 Å². The van der Waals surface area contributed by atoms with Crippen molar-refractivity contribution in [1.29, 1.82) is 0 Å². The van der Waals surface area contributed by atoms with E-state index in [1.807, 2.05) is 6.07 Å². The van der Waals surface area contributed by atoms with Crippen LogP contribution >= 0.6 is 0 Å². The molecule has 4 aromatic rings. The van der Waals surface area contributed by atoms with Crippen LogP contribution in [0.4, 0.5) is 0 Å². The fourth-order valence-corrected chi connectivity index (χ4v) is 3.30. The van der Waals surface area contributed by atoms with Crippen LogP contribution < -0.4 is 16.6 Å². The number of H-pyrrole nitrogens is 2. The van der Waals surface area contributed by atoms with Crippen LogP contribution in [0.2, 0.25) is 0 Å². The summed E-state index contributed by atoms with van der Waals surface area (Å²) in [6.07, 6.45) is 3.80. The van der Waals surface area contributed by atoms with Crippen molar-refractivity contribution in [3.63, 3.8) is 0 Å². The fourth-order valence-electron chi connectivity index (χ4n) is 3.30. The average molecular weight is 389 g/mol. The molecule has 1 atom stereocenters. The summed E-state index contributed by atoms with van der Waals surface area (Å²) < 4.78 is 0.975. The van der Waals surface area contributed by atoms with Gasteiger partial charge in [-0.15, -0.1) is 0 Å². The number of hydrogen-bond acceptors (Lipinski definition) is 4. The van der Waals surface area contributed by atoms with Crippen molar-refractivity contribution >= 4 is 16.8 Å². The highest BCUT2D eigenvalue weighted by Gasteiger charge is 2.26. The largest absolute Gasteiger partial charge is 0.354 e. The predicted molar refractivity (Wildman–Crippen MR) is 109 cm³/mol. The molecule has 0 aliphatic carbocycles. The number of nitrogens with one attached hydrogen (secondary N) is 3. The number of hydrogen-bond donors (Lipinski definition) is 3. The summed E-state index contributed by atoms with van der Waals surface area (Å²) in [6, 6.07) is 14.4. The Labute approximate surface area is 165 Å². The lowest BCUT2D eigenvalue weighted by Gasteiger charge is -2.19. The van der Waals surface area contributed by atoms with E-state index in [4.69, 9.17) is 0 Å². The number of aromatic nitrogens is 4. The Morgan fingerprint density at radius 2 is 1.83 bits per heavy atom. The van der Waals surface area contributed by atoms with E-state index in [-0.39, 0.29) is 0 Å². The predicted octanol–water partition coefficient (Wildman–Crippen LogP) is 1.36. The number of imidazole rings is 1. The van der Waals surface area contributed by atoms with Crippen molar-refractivity contribution in [2.45, 2.75) is 12.5 Å². The average Bonchev–Trinajstić information content (AvgIpc) is 3.25. The summed E-state index contributed by atoms with van der Waals surface area (Å²) in [4.78, 5) is 48.5. The molecule has 2 heterocycles. The van der Waals surface area contributed by atoms with Gasteiger partial charge in [0, 0.05) is 24.9 Å². The molecule has 0 bridgehead atoms. The van der Waals surface area contributed by atoms with Crippen molar-refractivity contribution in [2.24, 2.45) is 0 Å². The Morgan fingerprint density at radius 1 is 1.07 bits per heavy atom. The molecule has 29 heavy (non-hydrogen) atoms. The summed E-state index contributed by atoms with van der Waals surface area (Å²) >= 11 is 0. The molecule has 0 saturated carbocycles. The summed E-state index contributed by atoms with van der Waals surface area (Å²) in [6.45, 7) is 0.338. The van der Waals surface area contributed by atoms with E-state index < -0.39 is 23.2 Å². The lowest BCUT2D eigenvalue weighted by Crippen LogP contribution is -2.45. The topological polar surface area (TPSA) is 113 Å². The molecule has 146 valence electrons. The molecule has 0 saturated heterocycles. The number of carbonyl (C=O) groups excluding carboxylic acids is 1. The summed E-state index contributed by atoms with van der Waals surface area (Å²) in [5, 5.41) is 3.17. The van der Waals surface area contributed by atoms with Crippen LogP contribution in [0.3, 0.4) is 0 Å². The number of para-hydroxylation sites is 1. The maximum absolute atomic E-state index is 13.1. The lowest BCUT2D eigenvalue weighted by molar-refractivity contribution is -0.123. The monoisotopic (exact) mass is 389 g/mol. The van der Waals surface area contributed by atoms with E-state index >= 15 is 0 Å². The van der Waals surface area contributed by atoms with Crippen LogP contribution in [0.15, 0.2) is 76.7 Å². The van der Waals surface area contributed by atoms with E-state index in [1.54, 1.807) is 61.1 Å². The molecule has 0 spiro atoms. The van der Waals surface area contributed by atoms with Gasteiger partial charge in [0.25, 0.3) is 5.56 Å². The molecule has 3 N–H and O–H groups in total. The lowest BCUT2D eigenvalue weighted by atomic mass is 10.1. The molecule has 0 fully saturated rings. The Morgan fingerprint density at radius 3 is 2.59 bits per heavy atom. The quantitative estimate of drug-likeness (QED) is 0.462. The van der Waals surface area contributed by atoms with Crippen LogP contribution in [0.5, 0.6) is 0 Å². The van der Waals surface area contributed by atoms with E-state index in [1.165, 1.54) is 0 Å². The van der Waals surface area contributed by atoms with Gasteiger partial charge in [-0.25, -0.2) is 14.3 Å². The van der Waals surface area contributed by atoms with Gasteiger partial charge in [0.1, 0.15) is 6.04 Å². The molecular formula is C21H19N5O3. The zero-order valence-corrected chi connectivity index (χ0v) is 15.5. The van der Waals surface area contributed by atoms with Crippen molar-refractivity contribution in [3.8, 4) is 0 Å². The molecule has 1 amide bonds. The first-order chi connectivity index (χ1) is 14.1. The number of benzene rings is 2. The number of carbonyl (C=O) groups is 1. The third kappa shape index (κ3) is 3.73. The number of fused-ring (bicyclic) bond motifs is 1. The van der Waals surface area contributed by atoms with Gasteiger partial charge in [-0.3, -0.25) is 9.59 Å².